The minimum Gasteiger partial charge on any atom is -0.381 e. The number of pyridine rings is 1. The van der Waals surface area contributed by atoms with Gasteiger partial charge in [0.05, 0.1) is 16.8 Å². The van der Waals surface area contributed by atoms with E-state index in [9.17, 15) is 4.79 Å². The third-order valence-electron chi connectivity index (χ3n) is 2.78. The summed E-state index contributed by atoms with van der Waals surface area (Å²) in [6, 6.07) is 7.78. The molecular weight excluding hydrogens is 258 g/mol. The lowest BCUT2D eigenvalue weighted by molar-refractivity contribution is 0.103. The van der Waals surface area contributed by atoms with E-state index >= 15 is 0 Å². The number of aromatic nitrogens is 1. The Morgan fingerprint density at radius 2 is 2.26 bits per heavy atom. The minimum absolute atomic E-state index is 0.120. The molecule has 0 aromatic carbocycles. The normalized spacial score (nSPS) is 11.9. The number of carbonyl (C=O) groups excluding carboxylic acids is 1. The molecule has 0 radical (unpaired) electrons. The van der Waals surface area contributed by atoms with Gasteiger partial charge in [0.25, 0.3) is 5.91 Å². The van der Waals surface area contributed by atoms with E-state index in [4.69, 9.17) is 0 Å². The Bertz CT molecular complexity index is 522. The molecule has 2 aromatic rings. The molecule has 0 saturated heterocycles. The molecule has 19 heavy (non-hydrogen) atoms. The lowest BCUT2D eigenvalue weighted by atomic mass is 10.2. The van der Waals surface area contributed by atoms with E-state index in [1.807, 2.05) is 17.5 Å². The van der Waals surface area contributed by atoms with Crippen molar-refractivity contribution in [3.63, 3.8) is 0 Å². The second-order valence-corrected chi connectivity index (χ2v) is 5.26. The van der Waals surface area contributed by atoms with Crippen LogP contribution in [0.15, 0.2) is 35.8 Å². The summed E-state index contributed by atoms with van der Waals surface area (Å²) in [6.45, 7) is 4.24. The predicted octanol–water partition coefficient (Wildman–Crippen LogP) is 3.61. The number of rotatable bonds is 5. The average molecular weight is 275 g/mol. The van der Waals surface area contributed by atoms with Gasteiger partial charge in [-0.2, -0.15) is 0 Å². The largest absolute Gasteiger partial charge is 0.381 e. The number of carbonyl (C=O) groups is 1. The zero-order chi connectivity index (χ0) is 13.7. The number of anilines is 2. The van der Waals surface area contributed by atoms with Crippen LogP contribution in [0.1, 0.15) is 29.9 Å². The quantitative estimate of drug-likeness (QED) is 0.876. The highest BCUT2D eigenvalue weighted by Gasteiger charge is 2.07. The Morgan fingerprint density at radius 3 is 2.84 bits per heavy atom. The van der Waals surface area contributed by atoms with Crippen LogP contribution in [0.5, 0.6) is 0 Å². The molecule has 2 heterocycles. The maximum Gasteiger partial charge on any atom is 0.266 e. The van der Waals surface area contributed by atoms with Gasteiger partial charge in [-0.3, -0.25) is 4.79 Å². The molecule has 1 atom stereocenters. The van der Waals surface area contributed by atoms with Gasteiger partial charge in [0, 0.05) is 6.04 Å². The third-order valence-corrected chi connectivity index (χ3v) is 3.64. The molecule has 1 unspecified atom stereocenters. The summed E-state index contributed by atoms with van der Waals surface area (Å²) in [4.78, 5) is 16.7. The summed E-state index contributed by atoms with van der Waals surface area (Å²) in [5, 5.41) is 7.97. The van der Waals surface area contributed by atoms with Gasteiger partial charge in [-0.1, -0.05) is 13.0 Å². The van der Waals surface area contributed by atoms with E-state index < -0.39 is 0 Å². The standard InChI is InChI=1S/C14H17N3OS/c1-3-10(2)16-11-6-7-13(15-9-11)17-14(18)12-5-4-8-19-12/h4-10,16H,3H2,1-2H3,(H,15,17,18). The second-order valence-electron chi connectivity index (χ2n) is 4.32. The van der Waals surface area contributed by atoms with Gasteiger partial charge in [0.2, 0.25) is 0 Å². The van der Waals surface area contributed by atoms with Crippen molar-refractivity contribution in [1.29, 1.82) is 0 Å². The molecule has 1 amide bonds. The average Bonchev–Trinajstić information content (AvgIpc) is 2.95. The summed E-state index contributed by atoms with van der Waals surface area (Å²) in [5.74, 6) is 0.443. The van der Waals surface area contributed by atoms with Crippen molar-refractivity contribution in [3.05, 3.63) is 40.7 Å². The Kier molecular flexibility index (Phi) is 4.52. The SMILES string of the molecule is CCC(C)Nc1ccc(NC(=O)c2cccs2)nc1. The van der Waals surface area contributed by atoms with Crippen molar-refractivity contribution in [3.8, 4) is 0 Å². The van der Waals surface area contributed by atoms with Gasteiger partial charge in [0.15, 0.2) is 0 Å². The van der Waals surface area contributed by atoms with Crippen LogP contribution >= 0.6 is 11.3 Å². The van der Waals surface area contributed by atoms with Crippen molar-refractivity contribution in [2.75, 3.05) is 10.6 Å². The number of nitrogens with zero attached hydrogens (tertiary/aromatic N) is 1. The molecule has 0 aliphatic rings. The predicted molar refractivity (Wildman–Crippen MR) is 79.9 cm³/mol. The minimum atomic E-state index is -0.120. The van der Waals surface area contributed by atoms with Crippen LogP contribution in [0.3, 0.4) is 0 Å². The van der Waals surface area contributed by atoms with Gasteiger partial charge in [-0.05, 0) is 36.9 Å². The molecule has 0 bridgehead atoms. The maximum atomic E-state index is 11.8. The van der Waals surface area contributed by atoms with E-state index in [1.165, 1.54) is 11.3 Å². The molecule has 4 nitrogen and oxygen atoms in total. The van der Waals surface area contributed by atoms with Crippen LogP contribution < -0.4 is 10.6 Å². The van der Waals surface area contributed by atoms with Crippen molar-refractivity contribution in [2.24, 2.45) is 0 Å². The second kappa shape index (κ2) is 6.33. The fourth-order valence-electron chi connectivity index (χ4n) is 1.53. The molecule has 0 spiro atoms. The smallest absolute Gasteiger partial charge is 0.266 e. The molecule has 2 rings (SSSR count). The lowest BCUT2D eigenvalue weighted by Gasteiger charge is -2.12. The molecule has 0 saturated carbocycles. The summed E-state index contributed by atoms with van der Waals surface area (Å²) in [6.07, 6.45) is 2.78. The monoisotopic (exact) mass is 275 g/mol. The molecule has 0 aliphatic heterocycles. The fraction of sp³-hybridized carbons (Fsp3) is 0.286. The Labute approximate surface area is 116 Å². The van der Waals surface area contributed by atoms with Gasteiger partial charge in [-0.25, -0.2) is 4.98 Å². The lowest BCUT2D eigenvalue weighted by Crippen LogP contribution is -2.14. The van der Waals surface area contributed by atoms with Crippen LogP contribution in [0.25, 0.3) is 0 Å². The molecule has 0 aliphatic carbocycles. The first-order valence-electron chi connectivity index (χ1n) is 6.26. The molecular formula is C14H17N3OS. The molecule has 0 fully saturated rings. The maximum absolute atomic E-state index is 11.8. The molecule has 2 N–H and O–H groups in total. The Hall–Kier alpha value is -1.88. The van der Waals surface area contributed by atoms with Crippen LogP contribution in [0.2, 0.25) is 0 Å². The number of hydrogen-bond donors (Lipinski definition) is 2. The van der Waals surface area contributed by atoms with Gasteiger partial charge in [-0.15, -0.1) is 11.3 Å². The van der Waals surface area contributed by atoms with E-state index in [2.05, 4.69) is 29.5 Å². The zero-order valence-corrected chi connectivity index (χ0v) is 11.8. The van der Waals surface area contributed by atoms with Crippen LogP contribution in [0, 0.1) is 0 Å². The van der Waals surface area contributed by atoms with Crippen molar-refractivity contribution >= 4 is 28.7 Å². The molecule has 5 heteroatoms. The van der Waals surface area contributed by atoms with Crippen molar-refractivity contribution in [1.82, 2.24) is 4.98 Å². The fourth-order valence-corrected chi connectivity index (χ4v) is 2.14. The van der Waals surface area contributed by atoms with Gasteiger partial charge < -0.3 is 10.6 Å². The summed E-state index contributed by atoms with van der Waals surface area (Å²) in [5.41, 5.74) is 0.962. The Balaban J connectivity index is 1.97. The summed E-state index contributed by atoms with van der Waals surface area (Å²) < 4.78 is 0. The molecule has 2 aromatic heterocycles. The zero-order valence-electron chi connectivity index (χ0n) is 11.0. The van der Waals surface area contributed by atoms with E-state index in [-0.39, 0.29) is 5.91 Å². The first kappa shape index (κ1) is 13.5. The van der Waals surface area contributed by atoms with E-state index in [1.54, 1.807) is 18.3 Å². The number of hydrogen-bond acceptors (Lipinski definition) is 4. The van der Waals surface area contributed by atoms with Gasteiger partial charge >= 0.3 is 0 Å². The van der Waals surface area contributed by atoms with Crippen LogP contribution in [-0.4, -0.2) is 16.9 Å². The summed E-state index contributed by atoms with van der Waals surface area (Å²) in [7, 11) is 0. The highest BCUT2D eigenvalue weighted by Crippen LogP contribution is 2.14. The van der Waals surface area contributed by atoms with Crippen molar-refractivity contribution < 1.29 is 4.79 Å². The first-order valence-corrected chi connectivity index (χ1v) is 7.14. The van der Waals surface area contributed by atoms with Crippen LogP contribution in [-0.2, 0) is 0 Å². The highest BCUT2D eigenvalue weighted by atomic mass is 32.1. The number of nitrogens with one attached hydrogen (secondary N) is 2. The van der Waals surface area contributed by atoms with E-state index in [0.29, 0.717) is 16.7 Å². The van der Waals surface area contributed by atoms with Gasteiger partial charge in [0.1, 0.15) is 5.82 Å². The molecule has 100 valence electrons. The number of amides is 1. The Morgan fingerprint density at radius 1 is 1.42 bits per heavy atom. The highest BCUT2D eigenvalue weighted by molar-refractivity contribution is 7.12. The number of thiophene rings is 1. The third kappa shape index (κ3) is 3.79. The van der Waals surface area contributed by atoms with Crippen molar-refractivity contribution in [2.45, 2.75) is 26.3 Å². The first-order chi connectivity index (χ1) is 9.19. The topological polar surface area (TPSA) is 54.0 Å². The van der Waals surface area contributed by atoms with E-state index in [0.717, 1.165) is 12.1 Å². The van der Waals surface area contributed by atoms with Crippen LogP contribution in [0.4, 0.5) is 11.5 Å². The summed E-state index contributed by atoms with van der Waals surface area (Å²) >= 11 is 1.41.